The van der Waals surface area contributed by atoms with Crippen molar-refractivity contribution in [1.82, 2.24) is 0 Å². The van der Waals surface area contributed by atoms with E-state index in [0.717, 1.165) is 4.90 Å². The van der Waals surface area contributed by atoms with E-state index >= 15 is 0 Å². The fraction of sp³-hybridized carbons (Fsp3) is 0.143. The second-order valence-electron chi connectivity index (χ2n) is 6.51. The Labute approximate surface area is 143 Å². The molecule has 0 aliphatic carbocycles. The Balaban J connectivity index is 2.02. The van der Waals surface area contributed by atoms with E-state index in [1.807, 2.05) is 12.1 Å². The molecule has 114 valence electrons. The van der Waals surface area contributed by atoms with Gasteiger partial charge in [0.25, 0.3) is 0 Å². The van der Waals surface area contributed by atoms with Crippen molar-refractivity contribution in [2.24, 2.45) is 0 Å². The van der Waals surface area contributed by atoms with Gasteiger partial charge in [0.2, 0.25) is 0 Å². The van der Waals surface area contributed by atoms with Crippen molar-refractivity contribution in [3.05, 3.63) is 83.9 Å². The number of para-hydroxylation sites is 2. The highest BCUT2D eigenvalue weighted by atomic mass is 32.1. The van der Waals surface area contributed by atoms with Crippen LogP contribution in [0.4, 0.5) is 17.1 Å². The quantitative estimate of drug-likeness (QED) is 0.532. The van der Waals surface area contributed by atoms with Gasteiger partial charge in [-0.25, -0.2) is 0 Å². The van der Waals surface area contributed by atoms with Gasteiger partial charge >= 0.3 is 0 Å². The average Bonchev–Trinajstić information content (AvgIpc) is 2.57. The average molecular weight is 317 g/mol. The molecule has 0 fully saturated rings. The van der Waals surface area contributed by atoms with E-state index in [2.05, 4.69) is 92.0 Å². The number of benzene rings is 3. The molecule has 2 heteroatoms. The lowest BCUT2D eigenvalue weighted by Crippen LogP contribution is -2.30. The van der Waals surface area contributed by atoms with Crippen LogP contribution in [0.15, 0.2) is 77.7 Å². The Morgan fingerprint density at radius 3 is 1.70 bits per heavy atom. The molecule has 3 aromatic rings. The monoisotopic (exact) mass is 317 g/mol. The van der Waals surface area contributed by atoms with Crippen LogP contribution in [0.2, 0.25) is 0 Å². The van der Waals surface area contributed by atoms with E-state index in [-0.39, 0.29) is 5.41 Å². The normalized spacial score (nSPS) is 15.0. The number of fused-ring (bicyclic) bond motifs is 2. The predicted molar refractivity (Wildman–Crippen MR) is 101 cm³/mol. The van der Waals surface area contributed by atoms with E-state index in [0.29, 0.717) is 0 Å². The van der Waals surface area contributed by atoms with Crippen molar-refractivity contribution < 1.29 is 0 Å². The first-order chi connectivity index (χ1) is 11.1. The summed E-state index contributed by atoms with van der Waals surface area (Å²) in [7, 11) is 0. The van der Waals surface area contributed by atoms with Crippen LogP contribution in [-0.2, 0) is 5.41 Å². The molecule has 1 aliphatic heterocycles. The van der Waals surface area contributed by atoms with Crippen LogP contribution in [0, 0.1) is 0 Å². The van der Waals surface area contributed by atoms with Crippen molar-refractivity contribution in [1.29, 1.82) is 0 Å². The fourth-order valence-electron chi connectivity index (χ4n) is 3.55. The number of nitrogens with zero attached hydrogens (tertiary/aromatic N) is 1. The van der Waals surface area contributed by atoms with Crippen molar-refractivity contribution >= 4 is 29.7 Å². The predicted octanol–water partition coefficient (Wildman–Crippen LogP) is 6.08. The fourth-order valence-corrected chi connectivity index (χ4v) is 3.70. The molecule has 0 N–H and O–H groups in total. The van der Waals surface area contributed by atoms with E-state index in [4.69, 9.17) is 0 Å². The Morgan fingerprint density at radius 1 is 0.696 bits per heavy atom. The topological polar surface area (TPSA) is 3.24 Å². The summed E-state index contributed by atoms with van der Waals surface area (Å²) in [5, 5.41) is 0. The molecule has 0 aromatic heterocycles. The van der Waals surface area contributed by atoms with Gasteiger partial charge in [0, 0.05) is 16.0 Å². The third kappa shape index (κ3) is 2.17. The Bertz CT molecular complexity index is 816. The Hall–Kier alpha value is -2.19. The summed E-state index contributed by atoms with van der Waals surface area (Å²) in [6.45, 7) is 4.61. The molecule has 0 spiro atoms. The van der Waals surface area contributed by atoms with E-state index < -0.39 is 0 Å². The third-order valence-electron chi connectivity index (χ3n) is 4.74. The zero-order valence-corrected chi connectivity index (χ0v) is 14.2. The van der Waals surface area contributed by atoms with Gasteiger partial charge in [-0.15, -0.1) is 12.6 Å². The van der Waals surface area contributed by atoms with Gasteiger partial charge in [-0.1, -0.05) is 50.2 Å². The van der Waals surface area contributed by atoms with Crippen LogP contribution in [0.3, 0.4) is 0 Å². The number of hydrogen-bond acceptors (Lipinski definition) is 2. The molecule has 0 atom stereocenters. The van der Waals surface area contributed by atoms with Crippen LogP contribution in [0.5, 0.6) is 0 Å². The van der Waals surface area contributed by atoms with Crippen LogP contribution < -0.4 is 4.90 Å². The number of thiol groups is 1. The van der Waals surface area contributed by atoms with E-state index in [1.54, 1.807) is 0 Å². The van der Waals surface area contributed by atoms with Crippen molar-refractivity contribution in [2.75, 3.05) is 4.90 Å². The minimum Gasteiger partial charge on any atom is -0.310 e. The maximum atomic E-state index is 4.42. The summed E-state index contributed by atoms with van der Waals surface area (Å²) in [5.74, 6) is 0. The summed E-state index contributed by atoms with van der Waals surface area (Å²) >= 11 is 4.42. The summed E-state index contributed by atoms with van der Waals surface area (Å²) < 4.78 is 0. The van der Waals surface area contributed by atoms with Crippen molar-refractivity contribution in [2.45, 2.75) is 24.2 Å². The van der Waals surface area contributed by atoms with E-state index in [1.165, 1.54) is 28.2 Å². The lowest BCUT2D eigenvalue weighted by Gasteiger charge is -2.42. The lowest BCUT2D eigenvalue weighted by atomic mass is 9.73. The smallest absolute Gasteiger partial charge is 0.0502 e. The summed E-state index contributed by atoms with van der Waals surface area (Å²) in [6.07, 6.45) is 0. The SMILES string of the molecule is CC1(C)c2ccccc2N(c2ccc(S)cc2)c2ccccc21. The molecular weight excluding hydrogens is 298 g/mol. The third-order valence-corrected chi connectivity index (χ3v) is 5.04. The van der Waals surface area contributed by atoms with Crippen molar-refractivity contribution in [3.8, 4) is 0 Å². The van der Waals surface area contributed by atoms with Gasteiger partial charge in [0.1, 0.15) is 0 Å². The molecule has 1 heterocycles. The molecular formula is C21H19NS. The molecule has 23 heavy (non-hydrogen) atoms. The largest absolute Gasteiger partial charge is 0.310 e. The van der Waals surface area contributed by atoms with Crippen molar-refractivity contribution in [3.63, 3.8) is 0 Å². The molecule has 0 saturated heterocycles. The molecule has 0 bridgehead atoms. The van der Waals surface area contributed by atoms with Crippen LogP contribution in [-0.4, -0.2) is 0 Å². The molecule has 1 nitrogen and oxygen atoms in total. The summed E-state index contributed by atoms with van der Waals surface area (Å²) in [4.78, 5) is 3.33. The lowest BCUT2D eigenvalue weighted by molar-refractivity contribution is 0.632. The minimum absolute atomic E-state index is 0.00677. The molecule has 4 rings (SSSR count). The first-order valence-electron chi connectivity index (χ1n) is 7.87. The second kappa shape index (κ2) is 5.17. The molecule has 0 saturated carbocycles. The maximum Gasteiger partial charge on any atom is 0.0502 e. The molecule has 0 unspecified atom stereocenters. The van der Waals surface area contributed by atoms with Gasteiger partial charge in [-0.2, -0.15) is 0 Å². The highest BCUT2D eigenvalue weighted by Crippen LogP contribution is 2.51. The number of rotatable bonds is 1. The first-order valence-corrected chi connectivity index (χ1v) is 8.32. The van der Waals surface area contributed by atoms with Gasteiger partial charge in [-0.3, -0.25) is 0 Å². The summed E-state index contributed by atoms with van der Waals surface area (Å²) in [5.41, 5.74) is 6.37. The van der Waals surface area contributed by atoms with Gasteiger partial charge in [0.05, 0.1) is 11.4 Å². The van der Waals surface area contributed by atoms with Crippen LogP contribution >= 0.6 is 12.6 Å². The van der Waals surface area contributed by atoms with Gasteiger partial charge < -0.3 is 4.90 Å². The highest BCUT2D eigenvalue weighted by molar-refractivity contribution is 7.80. The highest BCUT2D eigenvalue weighted by Gasteiger charge is 2.36. The van der Waals surface area contributed by atoms with Crippen LogP contribution in [0.25, 0.3) is 0 Å². The zero-order valence-electron chi connectivity index (χ0n) is 13.3. The van der Waals surface area contributed by atoms with E-state index in [9.17, 15) is 0 Å². The molecule has 0 amide bonds. The van der Waals surface area contributed by atoms with Crippen LogP contribution in [0.1, 0.15) is 25.0 Å². The standard InChI is InChI=1S/C21H19NS/c1-21(2)17-7-3-5-9-19(17)22(15-11-13-16(23)14-12-15)20-10-6-4-8-18(20)21/h3-14,23H,1-2H3. The maximum absolute atomic E-state index is 4.42. The number of hydrogen-bond donors (Lipinski definition) is 1. The Morgan fingerprint density at radius 2 is 1.17 bits per heavy atom. The zero-order chi connectivity index (χ0) is 16.0. The number of anilines is 3. The van der Waals surface area contributed by atoms with Gasteiger partial charge in [-0.05, 0) is 47.5 Å². The molecule has 0 radical (unpaired) electrons. The van der Waals surface area contributed by atoms with Gasteiger partial charge in [0.15, 0.2) is 0 Å². The molecule has 1 aliphatic rings. The summed E-state index contributed by atoms with van der Waals surface area (Å²) in [6, 6.07) is 25.7. The first kappa shape index (κ1) is 14.4. The molecule has 3 aromatic carbocycles. The minimum atomic E-state index is -0.00677. The Kier molecular flexibility index (Phi) is 3.24. The second-order valence-corrected chi connectivity index (χ2v) is 7.03.